The summed E-state index contributed by atoms with van der Waals surface area (Å²) >= 11 is 0. The van der Waals surface area contributed by atoms with E-state index in [0.29, 0.717) is 17.4 Å². The van der Waals surface area contributed by atoms with E-state index in [-0.39, 0.29) is 12.5 Å². The molecule has 230 valence electrons. The molecule has 0 aliphatic carbocycles. The number of aliphatic hydroxyl groups excluding tert-OH is 1. The van der Waals surface area contributed by atoms with E-state index in [9.17, 15) is 14.7 Å². The van der Waals surface area contributed by atoms with Crippen molar-refractivity contribution in [1.29, 1.82) is 0 Å². The lowest BCUT2D eigenvalue weighted by molar-refractivity contribution is -0.158. The van der Waals surface area contributed by atoms with Gasteiger partial charge in [-0.1, -0.05) is 158 Å². The first-order chi connectivity index (χ1) is 22.6. The summed E-state index contributed by atoms with van der Waals surface area (Å²) in [7, 11) is 0. The normalized spacial score (nSPS) is 16.6. The van der Waals surface area contributed by atoms with E-state index in [1.165, 1.54) is 0 Å². The number of rotatable bonds is 11. The highest BCUT2D eigenvalue weighted by Gasteiger charge is 2.55. The zero-order valence-electron chi connectivity index (χ0n) is 25.4. The van der Waals surface area contributed by atoms with Crippen LogP contribution in [0.4, 0.5) is 0 Å². The molecule has 1 N–H and O–H groups in total. The van der Waals surface area contributed by atoms with Crippen molar-refractivity contribution < 1.29 is 19.4 Å². The molecular weight excluding hydrogens is 589 g/mol. The second-order valence-electron chi connectivity index (χ2n) is 11.2. The van der Waals surface area contributed by atoms with Crippen LogP contribution < -0.4 is 15.9 Å². The van der Waals surface area contributed by atoms with Crippen LogP contribution in [0.2, 0.25) is 0 Å². The fraction of sp³-hybridized carbons (Fsp3) is 0.125. The largest absolute Gasteiger partial charge is 0.456 e. The topological polar surface area (TPSA) is 66.8 Å². The van der Waals surface area contributed by atoms with Crippen LogP contribution in [0.25, 0.3) is 0 Å². The molecule has 5 nitrogen and oxygen atoms in total. The first-order valence-electron chi connectivity index (χ1n) is 15.4. The molecule has 5 aromatic rings. The molecular formula is C40H36NO4P. The zero-order chi connectivity index (χ0) is 31.9. The Labute approximate surface area is 270 Å². The van der Waals surface area contributed by atoms with Crippen molar-refractivity contribution in [3.8, 4) is 0 Å². The predicted molar refractivity (Wildman–Crippen MR) is 187 cm³/mol. The van der Waals surface area contributed by atoms with Gasteiger partial charge in [-0.05, 0) is 33.5 Å². The van der Waals surface area contributed by atoms with Gasteiger partial charge in [-0.15, -0.1) is 6.58 Å². The van der Waals surface area contributed by atoms with Crippen molar-refractivity contribution in [3.63, 3.8) is 0 Å². The highest BCUT2D eigenvalue weighted by atomic mass is 31.2. The second kappa shape index (κ2) is 14.0. The number of hydrogen-bond donors (Lipinski definition) is 1. The maximum atomic E-state index is 14.8. The van der Waals surface area contributed by atoms with Crippen molar-refractivity contribution in [1.82, 2.24) is 4.90 Å². The third-order valence-electron chi connectivity index (χ3n) is 8.53. The van der Waals surface area contributed by atoms with E-state index in [0.717, 1.165) is 21.5 Å². The van der Waals surface area contributed by atoms with Gasteiger partial charge in [0.05, 0.1) is 18.1 Å². The van der Waals surface area contributed by atoms with Crippen LogP contribution in [-0.4, -0.2) is 33.3 Å². The van der Waals surface area contributed by atoms with Gasteiger partial charge in [-0.25, -0.2) is 4.79 Å². The molecule has 1 fully saturated rings. The van der Waals surface area contributed by atoms with Gasteiger partial charge in [0.2, 0.25) is 5.91 Å². The lowest BCUT2D eigenvalue weighted by Gasteiger charge is -2.51. The van der Waals surface area contributed by atoms with E-state index >= 15 is 0 Å². The third kappa shape index (κ3) is 5.76. The van der Waals surface area contributed by atoms with Gasteiger partial charge in [0, 0.05) is 6.89 Å². The Kier molecular flexibility index (Phi) is 9.44. The van der Waals surface area contributed by atoms with Gasteiger partial charge < -0.3 is 14.7 Å². The first kappa shape index (κ1) is 31.0. The molecule has 0 spiro atoms. The molecule has 6 heteroatoms. The number of aliphatic hydroxyl groups is 1. The van der Waals surface area contributed by atoms with E-state index in [4.69, 9.17) is 4.74 Å². The van der Waals surface area contributed by atoms with Crippen molar-refractivity contribution >= 4 is 40.1 Å². The number of esters is 1. The Balaban J connectivity index is 1.65. The van der Waals surface area contributed by atoms with Gasteiger partial charge in [0.25, 0.3) is 0 Å². The van der Waals surface area contributed by atoms with Crippen molar-refractivity contribution in [3.05, 3.63) is 175 Å². The minimum atomic E-state index is -3.06. The second-order valence-corrected chi connectivity index (χ2v) is 14.6. The summed E-state index contributed by atoms with van der Waals surface area (Å²) in [5.41, 5.74) is 1.78. The SMILES string of the molecule is C=CCC1C(C(O)c2ccccc2)C(=O)N1C(C(=O)OCc1ccccc1)=P(c1ccccc1)(c1ccccc1)c1ccccc1. The first-order valence-corrected chi connectivity index (χ1v) is 17.2. The molecule has 0 radical (unpaired) electrons. The summed E-state index contributed by atoms with van der Waals surface area (Å²) in [6, 6.07) is 48.0. The summed E-state index contributed by atoms with van der Waals surface area (Å²) in [5.74, 6) is -1.65. The van der Waals surface area contributed by atoms with Crippen LogP contribution in [0.5, 0.6) is 0 Å². The number of nitrogens with zero attached hydrogens (tertiary/aromatic N) is 1. The highest BCUT2D eigenvalue weighted by molar-refractivity contribution is 7.96. The Bertz CT molecular complexity index is 1740. The molecule has 0 bridgehead atoms. The highest BCUT2D eigenvalue weighted by Crippen LogP contribution is 2.51. The van der Waals surface area contributed by atoms with E-state index < -0.39 is 30.9 Å². The smallest absolute Gasteiger partial charge is 0.356 e. The van der Waals surface area contributed by atoms with E-state index in [2.05, 4.69) is 6.58 Å². The quantitative estimate of drug-likeness (QED) is 0.0848. The molecule has 1 amide bonds. The molecule has 6 rings (SSSR count). The fourth-order valence-electron chi connectivity index (χ4n) is 6.41. The Morgan fingerprint density at radius 3 is 1.63 bits per heavy atom. The van der Waals surface area contributed by atoms with Crippen molar-refractivity contribution in [2.75, 3.05) is 0 Å². The standard InChI is InChI=1S/C40H36NO4P/c1-2-18-35-36(37(42)31-21-10-4-11-22-31)38(43)41(35)39(40(44)45-29-30-19-8-3-9-20-30)46(32-23-12-5-13-24-32,33-25-14-6-15-26-33)34-27-16-7-17-28-34/h2-17,19-28,35-37,42H,1,18,29H2. The molecule has 46 heavy (non-hydrogen) atoms. The van der Waals surface area contributed by atoms with Crippen LogP contribution in [0.15, 0.2) is 164 Å². The number of ether oxygens (including phenoxy) is 1. The van der Waals surface area contributed by atoms with Crippen LogP contribution in [0.1, 0.15) is 23.7 Å². The Morgan fingerprint density at radius 2 is 1.17 bits per heavy atom. The fourth-order valence-corrected chi connectivity index (χ4v) is 10.8. The average Bonchev–Trinajstić information content (AvgIpc) is 3.12. The Hall–Kier alpha value is -4.96. The number of hydrogen-bond acceptors (Lipinski definition) is 4. The molecule has 1 heterocycles. The van der Waals surface area contributed by atoms with Crippen LogP contribution >= 0.6 is 6.89 Å². The predicted octanol–water partition coefficient (Wildman–Crippen LogP) is 5.99. The summed E-state index contributed by atoms with van der Waals surface area (Å²) in [4.78, 5) is 31.0. The zero-order valence-corrected chi connectivity index (χ0v) is 26.3. The molecule has 0 aromatic heterocycles. The van der Waals surface area contributed by atoms with Crippen LogP contribution in [0.3, 0.4) is 0 Å². The molecule has 1 aliphatic rings. The maximum Gasteiger partial charge on any atom is 0.356 e. The Morgan fingerprint density at radius 1 is 0.739 bits per heavy atom. The number of benzene rings is 5. The maximum absolute atomic E-state index is 14.8. The van der Waals surface area contributed by atoms with E-state index in [1.807, 2.05) is 152 Å². The molecule has 1 saturated heterocycles. The van der Waals surface area contributed by atoms with Crippen molar-refractivity contribution in [2.24, 2.45) is 5.92 Å². The minimum absolute atomic E-state index is 0.0474. The van der Waals surface area contributed by atoms with Gasteiger partial charge in [0.1, 0.15) is 12.0 Å². The van der Waals surface area contributed by atoms with Gasteiger partial charge in [0.15, 0.2) is 0 Å². The summed E-state index contributed by atoms with van der Waals surface area (Å²) in [6.07, 6.45) is 1.08. The lowest BCUT2D eigenvalue weighted by atomic mass is 9.78. The van der Waals surface area contributed by atoms with Crippen LogP contribution in [0, 0.1) is 5.92 Å². The summed E-state index contributed by atoms with van der Waals surface area (Å²) in [5, 5.41) is 14.3. The molecule has 3 unspecified atom stereocenters. The van der Waals surface area contributed by atoms with E-state index in [1.54, 1.807) is 11.0 Å². The molecule has 5 aromatic carbocycles. The van der Waals surface area contributed by atoms with Crippen LogP contribution in [-0.2, 0) is 20.9 Å². The molecule has 0 saturated carbocycles. The monoisotopic (exact) mass is 625 g/mol. The summed E-state index contributed by atoms with van der Waals surface area (Å²) in [6.45, 7) is 0.979. The van der Waals surface area contributed by atoms with Gasteiger partial charge in [-0.3, -0.25) is 4.79 Å². The average molecular weight is 626 g/mol. The molecule has 1 aliphatic heterocycles. The van der Waals surface area contributed by atoms with Gasteiger partial charge >= 0.3 is 5.97 Å². The number of β-lactam (4-membered cyclic amide) rings is 1. The van der Waals surface area contributed by atoms with Gasteiger partial charge in [-0.2, -0.15) is 0 Å². The number of amides is 1. The minimum Gasteiger partial charge on any atom is -0.456 e. The summed E-state index contributed by atoms with van der Waals surface area (Å²) < 4.78 is 6.14. The molecule has 3 atom stereocenters. The van der Waals surface area contributed by atoms with Crippen molar-refractivity contribution in [2.45, 2.75) is 25.2 Å². The number of carbonyl (C=O) groups is 2. The number of likely N-dealkylation sites (tertiary alicyclic amines) is 1. The number of carbonyl (C=O) groups excluding carboxylic acids is 2. The third-order valence-corrected chi connectivity index (χ3v) is 12.8. The lowest BCUT2D eigenvalue weighted by Crippen LogP contribution is -2.67.